The Morgan fingerprint density at radius 2 is 2.17 bits per heavy atom. The van der Waals surface area contributed by atoms with Crippen molar-refractivity contribution in [1.82, 2.24) is 10.2 Å². The average Bonchev–Trinajstić information content (AvgIpc) is 2.72. The number of hydrogen-bond acceptors (Lipinski definition) is 3. The summed E-state index contributed by atoms with van der Waals surface area (Å²) in [6.07, 6.45) is 3.75. The first-order valence-corrected chi connectivity index (χ1v) is 8.03. The fraction of sp³-hybridized carbons (Fsp3) is 0.529. The third-order valence-electron chi connectivity index (χ3n) is 4.13. The highest BCUT2D eigenvalue weighted by Crippen LogP contribution is 2.20. The van der Waals surface area contributed by atoms with Gasteiger partial charge in [-0.05, 0) is 37.5 Å². The van der Waals surface area contributed by atoms with E-state index in [0.717, 1.165) is 19.3 Å². The fourth-order valence-electron chi connectivity index (χ4n) is 2.70. The van der Waals surface area contributed by atoms with E-state index in [0.29, 0.717) is 25.1 Å². The Bertz CT molecular complexity index is 577. The van der Waals surface area contributed by atoms with Gasteiger partial charge in [-0.1, -0.05) is 12.5 Å². The molecule has 1 atom stereocenters. The molecular formula is C17H23FN2O3. The molecule has 1 aromatic rings. The van der Waals surface area contributed by atoms with Crippen LogP contribution < -0.4 is 5.32 Å². The van der Waals surface area contributed by atoms with Gasteiger partial charge in [-0.15, -0.1) is 0 Å². The lowest BCUT2D eigenvalue weighted by Crippen LogP contribution is -2.35. The Labute approximate surface area is 135 Å². The number of amides is 2. The van der Waals surface area contributed by atoms with Gasteiger partial charge in [-0.25, -0.2) is 4.39 Å². The van der Waals surface area contributed by atoms with E-state index in [4.69, 9.17) is 0 Å². The summed E-state index contributed by atoms with van der Waals surface area (Å²) in [4.78, 5) is 25.6. The lowest BCUT2D eigenvalue weighted by Gasteiger charge is -2.21. The summed E-state index contributed by atoms with van der Waals surface area (Å²) < 4.78 is 13.3. The first-order valence-electron chi connectivity index (χ1n) is 8.03. The predicted octanol–water partition coefficient (Wildman–Crippen LogP) is 2.50. The van der Waals surface area contributed by atoms with Crippen LogP contribution in [0.5, 0.6) is 5.75 Å². The van der Waals surface area contributed by atoms with Crippen molar-refractivity contribution in [1.29, 1.82) is 0 Å². The smallest absolute Gasteiger partial charge is 0.222 e. The van der Waals surface area contributed by atoms with Gasteiger partial charge in [0.15, 0.2) is 11.6 Å². The van der Waals surface area contributed by atoms with Crippen molar-refractivity contribution in [3.8, 4) is 5.75 Å². The van der Waals surface area contributed by atoms with E-state index in [1.54, 1.807) is 17.9 Å². The molecule has 6 heteroatoms. The number of nitrogens with zero attached hydrogens (tertiary/aromatic N) is 1. The topological polar surface area (TPSA) is 69.6 Å². The van der Waals surface area contributed by atoms with E-state index in [9.17, 15) is 19.1 Å². The van der Waals surface area contributed by atoms with Crippen LogP contribution in [0, 0.1) is 5.82 Å². The quantitative estimate of drug-likeness (QED) is 0.875. The number of carbonyl (C=O) groups is 2. The van der Waals surface area contributed by atoms with Crippen molar-refractivity contribution in [3.05, 3.63) is 29.6 Å². The van der Waals surface area contributed by atoms with Gasteiger partial charge in [0.2, 0.25) is 11.8 Å². The lowest BCUT2D eigenvalue weighted by molar-refractivity contribution is -0.131. The van der Waals surface area contributed by atoms with E-state index < -0.39 is 11.6 Å². The Morgan fingerprint density at radius 3 is 2.91 bits per heavy atom. The first-order chi connectivity index (χ1) is 11.0. The Kier molecular flexibility index (Phi) is 5.96. The molecule has 2 N–H and O–H groups in total. The number of hydrogen-bond donors (Lipinski definition) is 2. The van der Waals surface area contributed by atoms with E-state index in [-0.39, 0.29) is 24.3 Å². The SMILES string of the molecule is C[C@@H](NC(=O)CCN1CCCCCC1=O)c1ccc(O)c(F)c1. The average molecular weight is 322 g/mol. The normalized spacial score (nSPS) is 16.8. The van der Waals surface area contributed by atoms with Crippen molar-refractivity contribution in [3.63, 3.8) is 0 Å². The highest BCUT2D eigenvalue weighted by molar-refractivity contribution is 5.79. The monoisotopic (exact) mass is 322 g/mol. The number of rotatable bonds is 5. The van der Waals surface area contributed by atoms with Crippen LogP contribution in [0.4, 0.5) is 4.39 Å². The standard InChI is InChI=1S/C17H23FN2O3/c1-12(13-6-7-15(21)14(18)11-13)19-16(22)8-10-20-9-4-2-3-5-17(20)23/h6-7,11-12,21H,2-5,8-10H2,1H3,(H,19,22)/t12-/m1/s1. The van der Waals surface area contributed by atoms with E-state index in [1.165, 1.54) is 12.1 Å². The number of phenolic OH excluding ortho intramolecular Hbond substituents is 1. The fourth-order valence-corrected chi connectivity index (χ4v) is 2.70. The van der Waals surface area contributed by atoms with Gasteiger partial charge in [0, 0.05) is 25.9 Å². The van der Waals surface area contributed by atoms with Crippen molar-refractivity contribution in [2.24, 2.45) is 0 Å². The summed E-state index contributed by atoms with van der Waals surface area (Å²) in [6.45, 7) is 2.88. The molecule has 0 aliphatic carbocycles. The third kappa shape index (κ3) is 4.94. The summed E-state index contributed by atoms with van der Waals surface area (Å²) in [6, 6.07) is 3.68. The number of nitrogens with one attached hydrogen (secondary N) is 1. The second-order valence-electron chi connectivity index (χ2n) is 5.94. The second-order valence-corrected chi connectivity index (χ2v) is 5.94. The lowest BCUT2D eigenvalue weighted by atomic mass is 10.1. The molecule has 1 aromatic carbocycles. The zero-order valence-corrected chi connectivity index (χ0v) is 13.3. The molecular weight excluding hydrogens is 299 g/mol. The number of carbonyl (C=O) groups excluding carboxylic acids is 2. The molecule has 1 heterocycles. The zero-order valence-electron chi connectivity index (χ0n) is 13.3. The molecule has 0 aromatic heterocycles. The minimum absolute atomic E-state index is 0.115. The first kappa shape index (κ1) is 17.2. The molecule has 1 saturated heterocycles. The van der Waals surface area contributed by atoms with E-state index >= 15 is 0 Å². The molecule has 0 unspecified atom stereocenters. The van der Waals surface area contributed by atoms with E-state index in [2.05, 4.69) is 5.32 Å². The maximum Gasteiger partial charge on any atom is 0.222 e. The molecule has 2 rings (SSSR count). The van der Waals surface area contributed by atoms with Crippen LogP contribution >= 0.6 is 0 Å². The van der Waals surface area contributed by atoms with Crippen molar-refractivity contribution in [2.45, 2.75) is 45.1 Å². The molecule has 1 fully saturated rings. The number of aromatic hydroxyl groups is 1. The maximum absolute atomic E-state index is 13.3. The molecule has 1 aliphatic heterocycles. The minimum atomic E-state index is -0.709. The molecule has 2 amide bonds. The summed E-state index contributed by atoms with van der Waals surface area (Å²) >= 11 is 0. The number of halogens is 1. The van der Waals surface area contributed by atoms with Crippen LogP contribution in [0.2, 0.25) is 0 Å². The zero-order chi connectivity index (χ0) is 16.8. The number of benzene rings is 1. The van der Waals surface area contributed by atoms with Crippen molar-refractivity contribution < 1.29 is 19.1 Å². The molecule has 0 bridgehead atoms. The Hall–Kier alpha value is -2.11. The van der Waals surface area contributed by atoms with Gasteiger partial charge < -0.3 is 15.3 Å². The van der Waals surface area contributed by atoms with Crippen molar-refractivity contribution >= 4 is 11.8 Å². The third-order valence-corrected chi connectivity index (χ3v) is 4.13. The van der Waals surface area contributed by atoms with Gasteiger partial charge in [-0.2, -0.15) is 0 Å². The highest BCUT2D eigenvalue weighted by atomic mass is 19.1. The summed E-state index contributed by atoms with van der Waals surface area (Å²) in [5, 5.41) is 12.0. The molecule has 0 spiro atoms. The predicted molar refractivity (Wildman–Crippen MR) is 84.3 cm³/mol. The Morgan fingerprint density at radius 1 is 1.39 bits per heavy atom. The summed E-state index contributed by atoms with van der Waals surface area (Å²) in [7, 11) is 0. The molecule has 126 valence electrons. The van der Waals surface area contributed by atoms with Crippen LogP contribution in [0.3, 0.4) is 0 Å². The van der Waals surface area contributed by atoms with Crippen LogP contribution in [-0.4, -0.2) is 34.9 Å². The van der Waals surface area contributed by atoms with Crippen LogP contribution in [-0.2, 0) is 9.59 Å². The summed E-state index contributed by atoms with van der Waals surface area (Å²) in [5.41, 5.74) is 0.583. The number of phenols is 1. The molecule has 1 aliphatic rings. The van der Waals surface area contributed by atoms with Crippen LogP contribution in [0.15, 0.2) is 18.2 Å². The molecule has 0 saturated carbocycles. The summed E-state index contributed by atoms with van der Waals surface area (Å²) in [5.74, 6) is -1.18. The number of likely N-dealkylation sites (tertiary alicyclic amines) is 1. The van der Waals surface area contributed by atoms with Gasteiger partial charge in [-0.3, -0.25) is 9.59 Å². The molecule has 0 radical (unpaired) electrons. The van der Waals surface area contributed by atoms with Gasteiger partial charge in [0.1, 0.15) is 0 Å². The Balaban J connectivity index is 1.83. The van der Waals surface area contributed by atoms with Gasteiger partial charge in [0.25, 0.3) is 0 Å². The molecule has 23 heavy (non-hydrogen) atoms. The van der Waals surface area contributed by atoms with E-state index in [1.807, 2.05) is 0 Å². The largest absolute Gasteiger partial charge is 0.505 e. The van der Waals surface area contributed by atoms with Gasteiger partial charge in [0.05, 0.1) is 6.04 Å². The molecule has 5 nitrogen and oxygen atoms in total. The second kappa shape index (κ2) is 7.94. The highest BCUT2D eigenvalue weighted by Gasteiger charge is 2.18. The van der Waals surface area contributed by atoms with Gasteiger partial charge >= 0.3 is 0 Å². The van der Waals surface area contributed by atoms with Crippen LogP contribution in [0.1, 0.15) is 50.6 Å². The maximum atomic E-state index is 13.3. The van der Waals surface area contributed by atoms with Crippen LogP contribution in [0.25, 0.3) is 0 Å². The van der Waals surface area contributed by atoms with Crippen molar-refractivity contribution in [2.75, 3.05) is 13.1 Å². The minimum Gasteiger partial charge on any atom is -0.505 e.